The number of piperidine rings is 1. The van der Waals surface area contributed by atoms with Crippen molar-refractivity contribution < 1.29 is 9.90 Å². The van der Waals surface area contributed by atoms with Crippen molar-refractivity contribution in [2.45, 2.75) is 70.6 Å². The van der Waals surface area contributed by atoms with E-state index in [0.29, 0.717) is 12.0 Å². The second-order valence-electron chi connectivity index (χ2n) is 6.91. The number of rotatable bonds is 4. The monoisotopic (exact) mass is 297 g/mol. The van der Waals surface area contributed by atoms with Crippen LogP contribution < -0.4 is 10.6 Å². The Bertz CT molecular complexity index is 335. The van der Waals surface area contributed by atoms with Gasteiger partial charge in [-0.2, -0.15) is 0 Å². The minimum absolute atomic E-state index is 0.0720. The van der Waals surface area contributed by atoms with Crippen LogP contribution in [-0.4, -0.2) is 53.9 Å². The summed E-state index contributed by atoms with van der Waals surface area (Å²) in [5.41, 5.74) is 0. The summed E-state index contributed by atoms with van der Waals surface area (Å²) >= 11 is 0. The molecule has 2 aliphatic rings. The van der Waals surface area contributed by atoms with Crippen molar-refractivity contribution in [2.24, 2.45) is 5.92 Å². The van der Waals surface area contributed by atoms with Gasteiger partial charge in [-0.15, -0.1) is 0 Å². The number of carbonyl (C=O) groups is 1. The highest BCUT2D eigenvalue weighted by molar-refractivity contribution is 5.74. The van der Waals surface area contributed by atoms with Gasteiger partial charge in [0.1, 0.15) is 0 Å². The minimum atomic E-state index is -0.379. The van der Waals surface area contributed by atoms with Gasteiger partial charge in [0.2, 0.25) is 0 Å². The molecule has 1 heterocycles. The SMILES string of the molecule is CC(C)N1CCCC(CNC(=O)NC2CCCCC2O)C1. The molecule has 0 aromatic heterocycles. The number of hydrogen-bond donors (Lipinski definition) is 3. The molecule has 5 heteroatoms. The summed E-state index contributed by atoms with van der Waals surface area (Å²) in [6, 6.07) is 0.388. The molecule has 3 unspecified atom stereocenters. The number of carbonyl (C=O) groups excluding carboxylic acids is 1. The molecule has 1 aliphatic heterocycles. The number of aliphatic hydroxyl groups excluding tert-OH is 1. The highest BCUT2D eigenvalue weighted by Gasteiger charge is 2.25. The first-order valence-electron chi connectivity index (χ1n) is 8.52. The first-order chi connectivity index (χ1) is 10.1. The van der Waals surface area contributed by atoms with Crippen LogP contribution in [-0.2, 0) is 0 Å². The van der Waals surface area contributed by atoms with E-state index in [0.717, 1.165) is 38.8 Å². The fraction of sp³-hybridized carbons (Fsp3) is 0.938. The molecule has 1 saturated heterocycles. The van der Waals surface area contributed by atoms with Gasteiger partial charge in [0.05, 0.1) is 12.1 Å². The van der Waals surface area contributed by atoms with E-state index in [1.54, 1.807) is 0 Å². The normalized spacial score (nSPS) is 31.1. The van der Waals surface area contributed by atoms with Crippen LogP contribution in [0.5, 0.6) is 0 Å². The Labute approximate surface area is 128 Å². The molecule has 0 aromatic carbocycles. The molecule has 0 bridgehead atoms. The Morgan fingerprint density at radius 2 is 2.00 bits per heavy atom. The van der Waals surface area contributed by atoms with Crippen molar-refractivity contribution in [3.63, 3.8) is 0 Å². The van der Waals surface area contributed by atoms with Gasteiger partial charge in [-0.1, -0.05) is 12.8 Å². The summed E-state index contributed by atoms with van der Waals surface area (Å²) in [5, 5.41) is 15.8. The molecule has 122 valence electrons. The van der Waals surface area contributed by atoms with Crippen LogP contribution >= 0.6 is 0 Å². The summed E-state index contributed by atoms with van der Waals surface area (Å²) < 4.78 is 0. The first-order valence-corrected chi connectivity index (χ1v) is 8.52. The number of nitrogens with one attached hydrogen (secondary N) is 2. The maximum atomic E-state index is 12.0. The molecule has 1 aliphatic carbocycles. The zero-order valence-electron chi connectivity index (χ0n) is 13.5. The zero-order valence-corrected chi connectivity index (χ0v) is 13.5. The predicted octanol–water partition coefficient (Wildman–Crippen LogP) is 1.71. The molecular formula is C16H31N3O2. The van der Waals surface area contributed by atoms with Crippen molar-refractivity contribution in [3.8, 4) is 0 Å². The number of hydrogen-bond acceptors (Lipinski definition) is 3. The smallest absolute Gasteiger partial charge is 0.315 e. The Hall–Kier alpha value is -0.810. The summed E-state index contributed by atoms with van der Waals surface area (Å²) in [5.74, 6) is 0.545. The summed E-state index contributed by atoms with van der Waals surface area (Å²) in [7, 11) is 0. The van der Waals surface area contributed by atoms with Crippen LogP contribution in [0.25, 0.3) is 0 Å². The first kappa shape index (κ1) is 16.6. The highest BCUT2D eigenvalue weighted by Crippen LogP contribution is 2.19. The third kappa shape index (κ3) is 5.15. The van der Waals surface area contributed by atoms with Crippen molar-refractivity contribution in [2.75, 3.05) is 19.6 Å². The van der Waals surface area contributed by atoms with Crippen LogP contribution in [0.15, 0.2) is 0 Å². The van der Waals surface area contributed by atoms with Crippen molar-refractivity contribution in [3.05, 3.63) is 0 Å². The fourth-order valence-electron chi connectivity index (χ4n) is 3.47. The van der Waals surface area contributed by atoms with Gasteiger partial charge in [0.25, 0.3) is 0 Å². The Morgan fingerprint density at radius 1 is 1.24 bits per heavy atom. The number of aliphatic hydroxyl groups is 1. The van der Waals surface area contributed by atoms with Gasteiger partial charge in [-0.25, -0.2) is 4.79 Å². The highest BCUT2D eigenvalue weighted by atomic mass is 16.3. The summed E-state index contributed by atoms with van der Waals surface area (Å²) in [6.45, 7) is 7.44. The maximum absolute atomic E-state index is 12.0. The second-order valence-corrected chi connectivity index (χ2v) is 6.91. The van der Waals surface area contributed by atoms with Gasteiger partial charge in [0, 0.05) is 19.1 Å². The van der Waals surface area contributed by atoms with Crippen molar-refractivity contribution in [1.82, 2.24) is 15.5 Å². The molecule has 0 radical (unpaired) electrons. The average Bonchev–Trinajstić information content (AvgIpc) is 2.48. The lowest BCUT2D eigenvalue weighted by Gasteiger charge is -2.35. The summed E-state index contributed by atoms with van der Waals surface area (Å²) in [4.78, 5) is 14.5. The van der Waals surface area contributed by atoms with Crippen LogP contribution in [0.2, 0.25) is 0 Å². The van der Waals surface area contributed by atoms with E-state index in [2.05, 4.69) is 29.4 Å². The number of urea groups is 1. The quantitative estimate of drug-likeness (QED) is 0.740. The third-order valence-corrected chi connectivity index (χ3v) is 4.88. The predicted molar refractivity (Wildman–Crippen MR) is 84.2 cm³/mol. The fourth-order valence-corrected chi connectivity index (χ4v) is 3.47. The summed E-state index contributed by atoms with van der Waals surface area (Å²) in [6.07, 6.45) is 5.87. The number of amides is 2. The maximum Gasteiger partial charge on any atom is 0.315 e. The molecule has 2 fully saturated rings. The van der Waals surface area contributed by atoms with E-state index < -0.39 is 0 Å². The largest absolute Gasteiger partial charge is 0.391 e. The molecule has 3 atom stereocenters. The van der Waals surface area contributed by atoms with E-state index >= 15 is 0 Å². The van der Waals surface area contributed by atoms with Crippen molar-refractivity contribution >= 4 is 6.03 Å². The third-order valence-electron chi connectivity index (χ3n) is 4.88. The second kappa shape index (κ2) is 7.99. The topological polar surface area (TPSA) is 64.6 Å². The van der Waals surface area contributed by atoms with E-state index in [4.69, 9.17) is 0 Å². The lowest BCUT2D eigenvalue weighted by Crippen LogP contribution is -2.51. The van der Waals surface area contributed by atoms with Crippen LogP contribution in [0.1, 0.15) is 52.4 Å². The van der Waals surface area contributed by atoms with E-state index in [-0.39, 0.29) is 18.2 Å². The average molecular weight is 297 g/mol. The molecule has 3 N–H and O–H groups in total. The van der Waals surface area contributed by atoms with Gasteiger partial charge >= 0.3 is 6.03 Å². The van der Waals surface area contributed by atoms with Crippen LogP contribution in [0, 0.1) is 5.92 Å². The molecule has 21 heavy (non-hydrogen) atoms. The zero-order chi connectivity index (χ0) is 15.2. The Balaban J connectivity index is 1.68. The van der Waals surface area contributed by atoms with Gasteiger partial charge in [-0.05, 0) is 52.0 Å². The molecule has 2 rings (SSSR count). The van der Waals surface area contributed by atoms with Crippen LogP contribution in [0.3, 0.4) is 0 Å². The van der Waals surface area contributed by atoms with Crippen molar-refractivity contribution in [1.29, 1.82) is 0 Å². The number of nitrogens with zero attached hydrogens (tertiary/aromatic N) is 1. The van der Waals surface area contributed by atoms with E-state index in [1.165, 1.54) is 19.4 Å². The molecule has 2 amide bonds. The lowest BCUT2D eigenvalue weighted by molar-refractivity contribution is 0.0937. The van der Waals surface area contributed by atoms with E-state index in [1.807, 2.05) is 0 Å². The Morgan fingerprint density at radius 3 is 2.71 bits per heavy atom. The van der Waals surface area contributed by atoms with Gasteiger partial charge in [-0.3, -0.25) is 0 Å². The minimum Gasteiger partial charge on any atom is -0.391 e. The van der Waals surface area contributed by atoms with Crippen LogP contribution in [0.4, 0.5) is 4.79 Å². The molecule has 5 nitrogen and oxygen atoms in total. The standard InChI is InChI=1S/C16H31N3O2/c1-12(2)19-9-5-6-13(11-19)10-17-16(21)18-14-7-3-4-8-15(14)20/h12-15,20H,3-11H2,1-2H3,(H2,17,18,21). The van der Waals surface area contributed by atoms with E-state index in [9.17, 15) is 9.90 Å². The molecule has 0 aromatic rings. The molecular weight excluding hydrogens is 266 g/mol. The Kier molecular flexibility index (Phi) is 6.30. The van der Waals surface area contributed by atoms with Gasteiger partial charge in [0.15, 0.2) is 0 Å². The molecule has 1 saturated carbocycles. The number of likely N-dealkylation sites (tertiary alicyclic amines) is 1. The lowest BCUT2D eigenvalue weighted by atomic mass is 9.93. The molecule has 0 spiro atoms. The van der Waals surface area contributed by atoms with Gasteiger partial charge < -0.3 is 20.6 Å².